The topological polar surface area (TPSA) is 18.5 Å². The third-order valence-corrected chi connectivity index (χ3v) is 0.397. The van der Waals surface area contributed by atoms with Gasteiger partial charge in [-0.2, -0.15) is 4.89 Å². The predicted octanol–water partition coefficient (Wildman–Crippen LogP) is 1.28. The van der Waals surface area contributed by atoms with Crippen molar-refractivity contribution < 1.29 is 9.78 Å². The number of rotatable bonds is 1. The van der Waals surface area contributed by atoms with Crippen molar-refractivity contribution in [3.63, 3.8) is 0 Å². The maximum absolute atomic E-state index is 4.43. The Bertz CT molecular complexity index is 55.5. The van der Waals surface area contributed by atoms with Gasteiger partial charge in [-0.3, -0.25) is 0 Å². The van der Waals surface area contributed by atoms with E-state index in [1.54, 1.807) is 0 Å². The number of thiocarbonyl (C=S) groups is 1. The third kappa shape index (κ3) is 4.58. The van der Waals surface area contributed by atoms with E-state index in [0.717, 1.165) is 0 Å². The first-order chi connectivity index (χ1) is 2.77. The molecular formula is C2H3IO2S. The van der Waals surface area contributed by atoms with Crippen molar-refractivity contribution in [2.45, 2.75) is 0 Å². The molecule has 0 aromatic heterocycles. The van der Waals surface area contributed by atoms with E-state index in [1.165, 1.54) is 7.11 Å². The molecule has 0 spiro atoms. The van der Waals surface area contributed by atoms with Crippen LogP contribution in [-0.2, 0) is 9.78 Å². The largest absolute Gasteiger partial charge is 0.319 e. The summed E-state index contributed by atoms with van der Waals surface area (Å²) in [5.41, 5.74) is 0. The van der Waals surface area contributed by atoms with E-state index in [1.807, 2.05) is 22.6 Å². The Balaban J connectivity index is 2.83. The minimum atomic E-state index is 0.370. The standard InChI is InChI=1S/C2H3IO2S/c1-4-5-2(3)6/h1H3. The molecular weight excluding hydrogens is 215 g/mol. The van der Waals surface area contributed by atoms with Crippen LogP contribution in [0, 0.1) is 0 Å². The highest BCUT2D eigenvalue weighted by Gasteiger charge is 1.81. The summed E-state index contributed by atoms with van der Waals surface area (Å²) in [6.07, 6.45) is 0. The Morgan fingerprint density at radius 3 is 2.33 bits per heavy atom. The molecule has 0 aliphatic rings. The van der Waals surface area contributed by atoms with Gasteiger partial charge >= 0.3 is 0 Å². The van der Waals surface area contributed by atoms with Gasteiger partial charge in [0.25, 0.3) is 3.06 Å². The van der Waals surface area contributed by atoms with E-state index in [4.69, 9.17) is 0 Å². The molecule has 0 bridgehead atoms. The van der Waals surface area contributed by atoms with Gasteiger partial charge < -0.3 is 4.89 Å². The summed E-state index contributed by atoms with van der Waals surface area (Å²) in [4.78, 5) is 8.41. The van der Waals surface area contributed by atoms with Crippen molar-refractivity contribution in [2.75, 3.05) is 7.11 Å². The molecule has 0 fully saturated rings. The Morgan fingerprint density at radius 1 is 1.83 bits per heavy atom. The van der Waals surface area contributed by atoms with Crippen molar-refractivity contribution in [1.82, 2.24) is 0 Å². The molecule has 0 atom stereocenters. The Labute approximate surface area is 54.9 Å². The molecule has 2 nitrogen and oxygen atoms in total. The maximum Gasteiger partial charge on any atom is 0.265 e. The molecule has 0 saturated heterocycles. The first kappa shape index (κ1) is 6.58. The smallest absolute Gasteiger partial charge is 0.265 e. The second-order valence-electron chi connectivity index (χ2n) is 0.488. The molecule has 0 aromatic carbocycles. The normalized spacial score (nSPS) is 7.67. The summed E-state index contributed by atoms with van der Waals surface area (Å²) in [5.74, 6) is 0. The summed E-state index contributed by atoms with van der Waals surface area (Å²) in [7, 11) is 1.41. The van der Waals surface area contributed by atoms with Gasteiger partial charge in [0, 0.05) is 22.6 Å². The molecule has 0 saturated carbocycles. The molecule has 0 N–H and O–H groups in total. The minimum absolute atomic E-state index is 0.370. The second kappa shape index (κ2) is 3.76. The van der Waals surface area contributed by atoms with E-state index < -0.39 is 0 Å². The zero-order valence-corrected chi connectivity index (χ0v) is 6.08. The molecule has 0 heterocycles. The fourth-order valence-electron chi connectivity index (χ4n) is 0.0655. The Morgan fingerprint density at radius 2 is 2.33 bits per heavy atom. The van der Waals surface area contributed by atoms with Crippen molar-refractivity contribution in [1.29, 1.82) is 0 Å². The van der Waals surface area contributed by atoms with Crippen molar-refractivity contribution in [3.05, 3.63) is 0 Å². The SMILES string of the molecule is COOC(=S)I. The molecule has 6 heavy (non-hydrogen) atoms. The van der Waals surface area contributed by atoms with Crippen molar-refractivity contribution in [3.8, 4) is 0 Å². The molecule has 0 aliphatic heterocycles. The minimum Gasteiger partial charge on any atom is -0.319 e. The van der Waals surface area contributed by atoms with Gasteiger partial charge in [-0.15, -0.1) is 0 Å². The van der Waals surface area contributed by atoms with Crippen molar-refractivity contribution in [2.24, 2.45) is 0 Å². The third-order valence-electron chi connectivity index (χ3n) is 0.149. The van der Waals surface area contributed by atoms with Crippen LogP contribution in [0.4, 0.5) is 0 Å². The summed E-state index contributed by atoms with van der Waals surface area (Å²) in [5, 5.41) is 0. The van der Waals surface area contributed by atoms with Crippen LogP contribution in [-0.4, -0.2) is 10.2 Å². The van der Waals surface area contributed by atoms with Crippen LogP contribution >= 0.6 is 34.8 Å². The first-order valence-electron chi connectivity index (χ1n) is 1.17. The monoisotopic (exact) mass is 218 g/mol. The van der Waals surface area contributed by atoms with Gasteiger partial charge in [-0.1, -0.05) is 0 Å². The van der Waals surface area contributed by atoms with E-state index >= 15 is 0 Å². The summed E-state index contributed by atoms with van der Waals surface area (Å²) in [6.45, 7) is 0. The van der Waals surface area contributed by atoms with Crippen molar-refractivity contribution >= 4 is 37.9 Å². The van der Waals surface area contributed by atoms with E-state index in [0.29, 0.717) is 3.06 Å². The zero-order chi connectivity index (χ0) is 4.99. The Hall–Kier alpha value is 0.580. The maximum atomic E-state index is 4.43. The van der Waals surface area contributed by atoms with E-state index in [2.05, 4.69) is 22.0 Å². The second-order valence-corrected chi connectivity index (χ2v) is 2.57. The molecule has 36 valence electrons. The molecule has 0 unspecified atom stereocenters. The molecule has 0 amide bonds. The number of halogens is 1. The highest BCUT2D eigenvalue weighted by atomic mass is 127. The lowest BCUT2D eigenvalue weighted by Gasteiger charge is -1.89. The lowest BCUT2D eigenvalue weighted by molar-refractivity contribution is -0.186. The van der Waals surface area contributed by atoms with Gasteiger partial charge in [0.2, 0.25) is 0 Å². The highest BCUT2D eigenvalue weighted by Crippen LogP contribution is 1.90. The van der Waals surface area contributed by atoms with Crippen LogP contribution in [0.25, 0.3) is 0 Å². The fourth-order valence-corrected chi connectivity index (χ4v) is 0.313. The highest BCUT2D eigenvalue weighted by molar-refractivity contribution is 14.1. The quantitative estimate of drug-likeness (QED) is 0.217. The molecule has 0 rings (SSSR count). The van der Waals surface area contributed by atoms with E-state index in [9.17, 15) is 0 Å². The average Bonchev–Trinajstić information content (AvgIpc) is 1.35. The number of hydrogen-bond donors (Lipinski definition) is 0. The van der Waals surface area contributed by atoms with Gasteiger partial charge in [-0.25, -0.2) is 0 Å². The summed E-state index contributed by atoms with van der Waals surface area (Å²) >= 11 is 6.26. The van der Waals surface area contributed by atoms with Gasteiger partial charge in [0.1, 0.15) is 0 Å². The predicted molar refractivity (Wildman–Crippen MR) is 34.7 cm³/mol. The van der Waals surface area contributed by atoms with Crippen LogP contribution < -0.4 is 0 Å². The average molecular weight is 218 g/mol. The van der Waals surface area contributed by atoms with E-state index in [-0.39, 0.29) is 0 Å². The van der Waals surface area contributed by atoms with Gasteiger partial charge in [0.05, 0.1) is 7.11 Å². The Kier molecular flexibility index (Phi) is 4.12. The van der Waals surface area contributed by atoms with Crippen LogP contribution in [0.1, 0.15) is 0 Å². The lowest BCUT2D eigenvalue weighted by atomic mass is 11.7. The lowest BCUT2D eigenvalue weighted by Crippen LogP contribution is -1.87. The number of hydrogen-bond acceptors (Lipinski definition) is 3. The summed E-state index contributed by atoms with van der Waals surface area (Å²) in [6, 6.07) is 0. The molecule has 0 radical (unpaired) electrons. The first-order valence-corrected chi connectivity index (χ1v) is 2.66. The summed E-state index contributed by atoms with van der Waals surface area (Å²) < 4.78 is 0.370. The molecule has 0 aliphatic carbocycles. The molecule has 4 heteroatoms. The van der Waals surface area contributed by atoms with Gasteiger partial charge in [-0.05, 0) is 12.2 Å². The van der Waals surface area contributed by atoms with Crippen LogP contribution in [0.15, 0.2) is 0 Å². The molecule has 0 aromatic rings. The van der Waals surface area contributed by atoms with Gasteiger partial charge in [0.15, 0.2) is 0 Å². The fraction of sp³-hybridized carbons (Fsp3) is 0.500. The van der Waals surface area contributed by atoms with Crippen LogP contribution in [0.3, 0.4) is 0 Å². The van der Waals surface area contributed by atoms with Crippen LogP contribution in [0.2, 0.25) is 0 Å². The van der Waals surface area contributed by atoms with Crippen LogP contribution in [0.5, 0.6) is 0 Å². The zero-order valence-electron chi connectivity index (χ0n) is 3.10.